The van der Waals surface area contributed by atoms with E-state index in [-0.39, 0.29) is 0 Å². The Hall–Kier alpha value is -7.04. The fourth-order valence-electron chi connectivity index (χ4n) is 7.35. The summed E-state index contributed by atoms with van der Waals surface area (Å²) in [4.78, 5) is 20.8. The normalized spacial score (nSPS) is 11.5. The van der Waals surface area contributed by atoms with E-state index in [1.807, 2.05) is 42.5 Å². The minimum absolute atomic E-state index is 0.706. The molecule has 242 valence electrons. The number of rotatable bonds is 5. The standard InChI is InChI=1S/C48H30N4/c1-4-13-31(14-5-1)42-29-25-33-23-24-34-26-30-43(50-46(34)45(33)49-42)39-28-27-38(36-19-10-11-20-37(36)39)40-21-12-22-41-44(32-15-6-2-7-16-32)51-48(52-47(40)41)35-17-8-3-9-18-35/h1-30H. The molecule has 7 aromatic carbocycles. The summed E-state index contributed by atoms with van der Waals surface area (Å²) in [6.45, 7) is 0. The maximum absolute atomic E-state index is 5.32. The van der Waals surface area contributed by atoms with E-state index >= 15 is 0 Å². The van der Waals surface area contributed by atoms with Crippen LogP contribution in [0.25, 0.3) is 99.8 Å². The van der Waals surface area contributed by atoms with Gasteiger partial charge >= 0.3 is 0 Å². The monoisotopic (exact) mass is 662 g/mol. The van der Waals surface area contributed by atoms with Gasteiger partial charge < -0.3 is 0 Å². The molecule has 0 saturated heterocycles. The average Bonchev–Trinajstić information content (AvgIpc) is 3.23. The third kappa shape index (κ3) is 5.09. The highest BCUT2D eigenvalue weighted by Crippen LogP contribution is 2.40. The number of fused-ring (bicyclic) bond motifs is 5. The number of hydrogen-bond acceptors (Lipinski definition) is 4. The molecule has 0 atom stereocenters. The Kier molecular flexibility index (Phi) is 7.10. The van der Waals surface area contributed by atoms with Gasteiger partial charge in [-0.1, -0.05) is 170 Å². The van der Waals surface area contributed by atoms with Gasteiger partial charge in [-0.05, 0) is 28.5 Å². The molecule has 0 unspecified atom stereocenters. The number of para-hydroxylation sites is 1. The van der Waals surface area contributed by atoms with Gasteiger partial charge in [-0.2, -0.15) is 0 Å². The molecule has 10 rings (SSSR count). The maximum atomic E-state index is 5.32. The highest BCUT2D eigenvalue weighted by atomic mass is 14.9. The molecule has 0 fully saturated rings. The molecule has 0 N–H and O–H groups in total. The van der Waals surface area contributed by atoms with Gasteiger partial charge in [0.05, 0.1) is 33.6 Å². The summed E-state index contributed by atoms with van der Waals surface area (Å²) in [5.74, 6) is 0.706. The van der Waals surface area contributed by atoms with Crippen LogP contribution in [0.15, 0.2) is 182 Å². The van der Waals surface area contributed by atoms with Crippen molar-refractivity contribution in [3.05, 3.63) is 182 Å². The van der Waals surface area contributed by atoms with Crippen molar-refractivity contribution >= 4 is 43.5 Å². The third-order valence-corrected chi connectivity index (χ3v) is 9.89. The quantitative estimate of drug-likeness (QED) is 0.172. The fourth-order valence-corrected chi connectivity index (χ4v) is 7.35. The van der Waals surface area contributed by atoms with Gasteiger partial charge in [0.1, 0.15) is 0 Å². The first-order valence-electron chi connectivity index (χ1n) is 17.5. The number of aromatic nitrogens is 4. The minimum Gasteiger partial charge on any atom is -0.245 e. The summed E-state index contributed by atoms with van der Waals surface area (Å²) < 4.78 is 0. The molecule has 4 nitrogen and oxygen atoms in total. The van der Waals surface area contributed by atoms with Crippen molar-refractivity contribution < 1.29 is 0 Å². The zero-order valence-electron chi connectivity index (χ0n) is 28.1. The molecule has 0 aliphatic carbocycles. The minimum atomic E-state index is 0.706. The molecule has 3 heterocycles. The van der Waals surface area contributed by atoms with Gasteiger partial charge in [0.2, 0.25) is 0 Å². The molecule has 3 aromatic heterocycles. The van der Waals surface area contributed by atoms with Crippen LogP contribution in [0.4, 0.5) is 0 Å². The van der Waals surface area contributed by atoms with Crippen LogP contribution in [0.3, 0.4) is 0 Å². The van der Waals surface area contributed by atoms with Crippen LogP contribution in [0, 0.1) is 0 Å². The van der Waals surface area contributed by atoms with Crippen LogP contribution in [0.5, 0.6) is 0 Å². The Morgan fingerprint density at radius 2 is 0.788 bits per heavy atom. The van der Waals surface area contributed by atoms with Crippen LogP contribution in [0.1, 0.15) is 0 Å². The van der Waals surface area contributed by atoms with E-state index < -0.39 is 0 Å². The number of benzene rings is 7. The zero-order valence-corrected chi connectivity index (χ0v) is 28.1. The third-order valence-electron chi connectivity index (χ3n) is 9.89. The molecule has 10 aromatic rings. The Balaban J connectivity index is 1.17. The Morgan fingerprint density at radius 3 is 1.48 bits per heavy atom. The largest absolute Gasteiger partial charge is 0.245 e. The lowest BCUT2D eigenvalue weighted by molar-refractivity contribution is 1.23. The van der Waals surface area contributed by atoms with Crippen molar-refractivity contribution in [3.63, 3.8) is 0 Å². The van der Waals surface area contributed by atoms with Gasteiger partial charge in [-0.3, -0.25) is 0 Å². The molecule has 0 bridgehead atoms. The van der Waals surface area contributed by atoms with Crippen molar-refractivity contribution in [2.75, 3.05) is 0 Å². The van der Waals surface area contributed by atoms with Crippen molar-refractivity contribution in [2.45, 2.75) is 0 Å². The Labute approximate surface area is 300 Å². The molecule has 0 aliphatic heterocycles. The van der Waals surface area contributed by atoms with E-state index in [1.165, 1.54) is 0 Å². The van der Waals surface area contributed by atoms with E-state index in [9.17, 15) is 0 Å². The van der Waals surface area contributed by atoms with Crippen LogP contribution in [-0.2, 0) is 0 Å². The fraction of sp³-hybridized carbons (Fsp3) is 0. The predicted octanol–water partition coefficient (Wildman–Crippen LogP) is 12.2. The molecular weight excluding hydrogens is 633 g/mol. The lowest BCUT2D eigenvalue weighted by atomic mass is 9.91. The second-order valence-corrected chi connectivity index (χ2v) is 13.0. The van der Waals surface area contributed by atoms with Gasteiger partial charge in [0.25, 0.3) is 0 Å². The highest BCUT2D eigenvalue weighted by Gasteiger charge is 2.18. The molecule has 52 heavy (non-hydrogen) atoms. The molecule has 0 aliphatic rings. The van der Waals surface area contributed by atoms with E-state index in [1.54, 1.807) is 0 Å². The van der Waals surface area contributed by atoms with Gasteiger partial charge in [-0.25, -0.2) is 19.9 Å². The van der Waals surface area contributed by atoms with Crippen LogP contribution >= 0.6 is 0 Å². The van der Waals surface area contributed by atoms with Crippen LogP contribution in [0.2, 0.25) is 0 Å². The maximum Gasteiger partial charge on any atom is 0.160 e. The van der Waals surface area contributed by atoms with E-state index in [0.717, 1.165) is 93.9 Å². The molecule has 0 saturated carbocycles. The van der Waals surface area contributed by atoms with Gasteiger partial charge in [-0.15, -0.1) is 0 Å². The summed E-state index contributed by atoms with van der Waals surface area (Å²) in [5, 5.41) is 5.41. The average molecular weight is 663 g/mol. The summed E-state index contributed by atoms with van der Waals surface area (Å²) in [6, 6.07) is 63.2. The van der Waals surface area contributed by atoms with Crippen LogP contribution in [-0.4, -0.2) is 19.9 Å². The van der Waals surface area contributed by atoms with Crippen molar-refractivity contribution in [2.24, 2.45) is 0 Å². The second-order valence-electron chi connectivity index (χ2n) is 13.0. The predicted molar refractivity (Wildman–Crippen MR) is 215 cm³/mol. The highest BCUT2D eigenvalue weighted by molar-refractivity contribution is 6.11. The van der Waals surface area contributed by atoms with Crippen molar-refractivity contribution in [1.29, 1.82) is 0 Å². The smallest absolute Gasteiger partial charge is 0.160 e. The number of pyridine rings is 2. The van der Waals surface area contributed by atoms with E-state index in [4.69, 9.17) is 19.9 Å². The van der Waals surface area contributed by atoms with Gasteiger partial charge in [0.15, 0.2) is 5.82 Å². The SMILES string of the molecule is c1ccc(-c2ccc3ccc4ccc(-c5ccc(-c6cccc7c(-c8ccccc8)nc(-c8ccccc8)nc67)c6ccccc56)nc4c3n2)cc1. The first-order valence-corrected chi connectivity index (χ1v) is 17.5. The molecule has 0 amide bonds. The van der Waals surface area contributed by atoms with Crippen molar-refractivity contribution in [1.82, 2.24) is 19.9 Å². The molecule has 0 radical (unpaired) electrons. The Bertz CT molecular complexity index is 2940. The first kappa shape index (κ1) is 29.8. The van der Waals surface area contributed by atoms with E-state index in [0.29, 0.717) is 5.82 Å². The molecular formula is C48H30N4. The first-order chi connectivity index (χ1) is 25.8. The summed E-state index contributed by atoms with van der Waals surface area (Å²) in [5.41, 5.74) is 11.9. The topological polar surface area (TPSA) is 51.6 Å². The number of hydrogen-bond donors (Lipinski definition) is 0. The lowest BCUT2D eigenvalue weighted by Crippen LogP contribution is -1.97. The molecule has 4 heteroatoms. The number of nitrogens with zero attached hydrogens (tertiary/aromatic N) is 4. The second kappa shape index (κ2) is 12.4. The summed E-state index contributed by atoms with van der Waals surface area (Å²) >= 11 is 0. The Morgan fingerprint density at radius 1 is 0.269 bits per heavy atom. The summed E-state index contributed by atoms with van der Waals surface area (Å²) in [6.07, 6.45) is 0. The van der Waals surface area contributed by atoms with Gasteiger partial charge in [0, 0.05) is 44.0 Å². The summed E-state index contributed by atoms with van der Waals surface area (Å²) in [7, 11) is 0. The molecule has 0 spiro atoms. The van der Waals surface area contributed by atoms with E-state index in [2.05, 4.69) is 140 Å². The van der Waals surface area contributed by atoms with Crippen LogP contribution < -0.4 is 0 Å². The van der Waals surface area contributed by atoms with Crippen molar-refractivity contribution in [3.8, 4) is 56.3 Å². The zero-order chi connectivity index (χ0) is 34.4. The lowest BCUT2D eigenvalue weighted by Gasteiger charge is -2.16.